The summed E-state index contributed by atoms with van der Waals surface area (Å²) in [7, 11) is 1.88. The monoisotopic (exact) mass is 227 g/mol. The average Bonchev–Trinajstić information content (AvgIpc) is 2.94. The van der Waals surface area contributed by atoms with Crippen LogP contribution in [-0.2, 0) is 7.05 Å². The largest absolute Gasteiger partial charge is 0.464 e. The Morgan fingerprint density at radius 1 is 1.35 bits per heavy atom. The van der Waals surface area contributed by atoms with Gasteiger partial charge in [0, 0.05) is 29.8 Å². The van der Waals surface area contributed by atoms with Crippen LogP contribution in [0.25, 0.3) is 11.0 Å². The first-order chi connectivity index (χ1) is 8.25. The second-order valence-electron chi connectivity index (χ2n) is 4.11. The highest BCUT2D eigenvalue weighted by atomic mass is 16.3. The van der Waals surface area contributed by atoms with Crippen LogP contribution in [0.15, 0.2) is 47.3 Å². The molecular formula is C13H13N3O. The van der Waals surface area contributed by atoms with Gasteiger partial charge in [0.05, 0.1) is 18.5 Å². The molecule has 0 fully saturated rings. The molecule has 0 saturated heterocycles. The molecule has 0 aliphatic carbocycles. The van der Waals surface area contributed by atoms with Gasteiger partial charge < -0.3 is 10.2 Å². The van der Waals surface area contributed by atoms with Crippen molar-refractivity contribution in [2.45, 2.75) is 6.04 Å². The molecule has 4 nitrogen and oxygen atoms in total. The third-order valence-electron chi connectivity index (χ3n) is 2.93. The van der Waals surface area contributed by atoms with Gasteiger partial charge in [0.2, 0.25) is 0 Å². The van der Waals surface area contributed by atoms with Crippen LogP contribution in [0.2, 0.25) is 0 Å². The zero-order chi connectivity index (χ0) is 11.8. The Labute approximate surface area is 98.6 Å². The third kappa shape index (κ3) is 1.62. The molecule has 0 saturated carbocycles. The van der Waals surface area contributed by atoms with Crippen molar-refractivity contribution in [1.82, 2.24) is 9.78 Å². The second-order valence-corrected chi connectivity index (χ2v) is 4.11. The Kier molecular flexibility index (Phi) is 2.23. The highest BCUT2D eigenvalue weighted by molar-refractivity contribution is 5.81. The maximum atomic E-state index is 6.23. The van der Waals surface area contributed by atoms with E-state index in [1.165, 1.54) is 0 Å². The average molecular weight is 227 g/mol. The van der Waals surface area contributed by atoms with Crippen LogP contribution in [0.4, 0.5) is 0 Å². The summed E-state index contributed by atoms with van der Waals surface area (Å²) in [6, 6.07) is 7.69. The number of furan rings is 1. The van der Waals surface area contributed by atoms with Crippen LogP contribution < -0.4 is 5.73 Å². The van der Waals surface area contributed by atoms with Gasteiger partial charge in [-0.3, -0.25) is 4.68 Å². The molecule has 17 heavy (non-hydrogen) atoms. The van der Waals surface area contributed by atoms with Crippen LogP contribution >= 0.6 is 0 Å². The fraction of sp³-hybridized carbons (Fsp3) is 0.154. The molecule has 0 spiro atoms. The molecule has 1 atom stereocenters. The van der Waals surface area contributed by atoms with Crippen molar-refractivity contribution in [3.63, 3.8) is 0 Å². The van der Waals surface area contributed by atoms with Crippen LogP contribution in [0.5, 0.6) is 0 Å². The predicted octanol–water partition coefficient (Wildman–Crippen LogP) is 2.21. The molecule has 1 unspecified atom stereocenters. The maximum absolute atomic E-state index is 6.23. The van der Waals surface area contributed by atoms with Gasteiger partial charge in [0.1, 0.15) is 5.58 Å². The summed E-state index contributed by atoms with van der Waals surface area (Å²) in [6.45, 7) is 0. The summed E-state index contributed by atoms with van der Waals surface area (Å²) in [6.07, 6.45) is 5.43. The third-order valence-corrected chi connectivity index (χ3v) is 2.93. The van der Waals surface area contributed by atoms with E-state index in [0.29, 0.717) is 0 Å². The van der Waals surface area contributed by atoms with E-state index in [9.17, 15) is 0 Å². The molecule has 0 radical (unpaired) electrons. The Bertz CT molecular complexity index is 653. The number of benzene rings is 1. The number of nitrogens with zero attached hydrogens (tertiary/aromatic N) is 2. The number of hydrogen-bond donors (Lipinski definition) is 1. The number of hydrogen-bond acceptors (Lipinski definition) is 3. The lowest BCUT2D eigenvalue weighted by Gasteiger charge is -2.06. The van der Waals surface area contributed by atoms with Gasteiger partial charge in [-0.25, -0.2) is 0 Å². The quantitative estimate of drug-likeness (QED) is 0.730. The van der Waals surface area contributed by atoms with E-state index in [0.717, 1.165) is 22.1 Å². The van der Waals surface area contributed by atoms with Crippen molar-refractivity contribution in [2.75, 3.05) is 0 Å². The first-order valence-electron chi connectivity index (χ1n) is 5.46. The van der Waals surface area contributed by atoms with Gasteiger partial charge >= 0.3 is 0 Å². The normalized spacial score (nSPS) is 13.1. The molecule has 2 aromatic heterocycles. The number of nitrogens with two attached hydrogens (primary N) is 1. The molecule has 4 heteroatoms. The van der Waals surface area contributed by atoms with Gasteiger partial charge in [-0.15, -0.1) is 0 Å². The second kappa shape index (κ2) is 3.75. The molecule has 0 amide bonds. The number of aromatic nitrogens is 2. The topological polar surface area (TPSA) is 57.0 Å². The number of aryl methyl sites for hydroxylation is 1. The Morgan fingerprint density at radius 3 is 2.94 bits per heavy atom. The molecule has 2 N–H and O–H groups in total. The van der Waals surface area contributed by atoms with E-state index in [4.69, 9.17) is 10.2 Å². The summed E-state index contributed by atoms with van der Waals surface area (Å²) < 4.78 is 7.24. The van der Waals surface area contributed by atoms with Crippen molar-refractivity contribution in [2.24, 2.45) is 12.8 Å². The zero-order valence-corrected chi connectivity index (χ0v) is 9.50. The molecule has 0 aliphatic rings. The van der Waals surface area contributed by atoms with Gasteiger partial charge in [-0.05, 0) is 6.07 Å². The van der Waals surface area contributed by atoms with E-state index in [1.54, 1.807) is 17.1 Å². The molecule has 1 aromatic carbocycles. The van der Waals surface area contributed by atoms with E-state index in [2.05, 4.69) is 5.10 Å². The summed E-state index contributed by atoms with van der Waals surface area (Å²) >= 11 is 0. The summed E-state index contributed by atoms with van der Waals surface area (Å²) in [5, 5.41) is 5.19. The number of para-hydroxylation sites is 1. The minimum atomic E-state index is -0.202. The fourth-order valence-electron chi connectivity index (χ4n) is 2.02. The fourth-order valence-corrected chi connectivity index (χ4v) is 2.02. The van der Waals surface area contributed by atoms with Crippen LogP contribution in [0, 0.1) is 0 Å². The molecule has 86 valence electrons. The summed E-state index contributed by atoms with van der Waals surface area (Å²) in [4.78, 5) is 0. The molecule has 3 aromatic rings. The number of rotatable bonds is 2. The Hall–Kier alpha value is -2.07. The highest BCUT2D eigenvalue weighted by Crippen LogP contribution is 2.28. The first kappa shape index (κ1) is 10.1. The molecule has 0 aliphatic heterocycles. The van der Waals surface area contributed by atoms with Crippen molar-refractivity contribution in [3.05, 3.63) is 54.0 Å². The Morgan fingerprint density at radius 2 is 2.18 bits per heavy atom. The Balaban J connectivity index is 2.09. The highest BCUT2D eigenvalue weighted by Gasteiger charge is 2.15. The van der Waals surface area contributed by atoms with E-state index in [-0.39, 0.29) is 6.04 Å². The van der Waals surface area contributed by atoms with Crippen molar-refractivity contribution >= 4 is 11.0 Å². The predicted molar refractivity (Wildman–Crippen MR) is 65.5 cm³/mol. The van der Waals surface area contributed by atoms with E-state index >= 15 is 0 Å². The summed E-state index contributed by atoms with van der Waals surface area (Å²) in [5.74, 6) is 0. The lowest BCUT2D eigenvalue weighted by Crippen LogP contribution is -2.10. The maximum Gasteiger partial charge on any atom is 0.134 e. The lowest BCUT2D eigenvalue weighted by molar-refractivity contribution is 0.607. The van der Waals surface area contributed by atoms with Gasteiger partial charge in [-0.1, -0.05) is 18.2 Å². The minimum Gasteiger partial charge on any atom is -0.464 e. The first-order valence-corrected chi connectivity index (χ1v) is 5.46. The van der Waals surface area contributed by atoms with Gasteiger partial charge in [0.15, 0.2) is 0 Å². The number of fused-ring (bicyclic) bond motifs is 1. The van der Waals surface area contributed by atoms with Crippen molar-refractivity contribution < 1.29 is 4.42 Å². The SMILES string of the molecule is Cn1cc(C(N)c2coc3ccccc23)cn1. The van der Waals surface area contributed by atoms with Crippen molar-refractivity contribution in [1.29, 1.82) is 0 Å². The van der Waals surface area contributed by atoms with Gasteiger partial charge in [0.25, 0.3) is 0 Å². The standard InChI is InChI=1S/C13H13N3O/c1-16-7-9(6-15-16)13(14)11-8-17-12-5-3-2-4-10(11)12/h2-8,13H,14H2,1H3. The van der Waals surface area contributed by atoms with Crippen LogP contribution in [-0.4, -0.2) is 9.78 Å². The molecule has 3 rings (SSSR count). The van der Waals surface area contributed by atoms with E-state index < -0.39 is 0 Å². The van der Waals surface area contributed by atoms with Crippen molar-refractivity contribution in [3.8, 4) is 0 Å². The van der Waals surface area contributed by atoms with Crippen LogP contribution in [0.3, 0.4) is 0 Å². The van der Waals surface area contributed by atoms with Gasteiger partial charge in [-0.2, -0.15) is 5.10 Å². The summed E-state index contributed by atoms with van der Waals surface area (Å²) in [5.41, 5.74) is 9.07. The van der Waals surface area contributed by atoms with Crippen LogP contribution in [0.1, 0.15) is 17.2 Å². The zero-order valence-electron chi connectivity index (χ0n) is 9.50. The van der Waals surface area contributed by atoms with E-state index in [1.807, 2.05) is 37.5 Å². The molecular weight excluding hydrogens is 214 g/mol. The lowest BCUT2D eigenvalue weighted by atomic mass is 10.0. The molecule has 2 heterocycles. The molecule has 0 bridgehead atoms. The minimum absolute atomic E-state index is 0.202. The smallest absolute Gasteiger partial charge is 0.134 e.